The Bertz CT molecular complexity index is 3780. The maximum atomic E-state index is 2.44. The fourth-order valence-corrected chi connectivity index (χ4v) is 11.0. The van der Waals surface area contributed by atoms with Crippen LogP contribution in [0.2, 0.25) is 0 Å². The summed E-state index contributed by atoms with van der Waals surface area (Å²) in [6.07, 6.45) is 16.0. The Morgan fingerprint density at radius 2 is 0.667 bits per heavy atom. The number of allylic oxidation sites excluding steroid dienone is 8. The molecule has 0 spiro atoms. The van der Waals surface area contributed by atoms with E-state index in [2.05, 4.69) is 255 Å². The highest BCUT2D eigenvalue weighted by Crippen LogP contribution is 2.47. The van der Waals surface area contributed by atoms with Crippen molar-refractivity contribution in [2.45, 2.75) is 0 Å². The highest BCUT2D eigenvalue weighted by Gasteiger charge is 2.21. The first kappa shape index (κ1) is 38.2. The molecule has 0 fully saturated rings. The van der Waals surface area contributed by atoms with Crippen LogP contribution in [-0.2, 0) is 0 Å². The Balaban J connectivity index is 0.979. The zero-order valence-electron chi connectivity index (χ0n) is 36.4. The average molecular weight is 837 g/mol. The van der Waals surface area contributed by atoms with Crippen molar-refractivity contribution < 1.29 is 0 Å². The van der Waals surface area contributed by atoms with Crippen molar-refractivity contribution in [2.75, 3.05) is 0 Å². The van der Waals surface area contributed by atoms with E-state index in [0.717, 1.165) is 0 Å². The van der Waals surface area contributed by atoms with E-state index < -0.39 is 0 Å². The molecule has 0 heterocycles. The van der Waals surface area contributed by atoms with Crippen molar-refractivity contribution in [2.24, 2.45) is 11.8 Å². The summed E-state index contributed by atoms with van der Waals surface area (Å²) in [6, 6.07) is 79.0. The first-order valence-electron chi connectivity index (χ1n) is 23.2. The normalized spacial score (nSPS) is 15.5. The summed E-state index contributed by atoms with van der Waals surface area (Å²) < 4.78 is 0. The van der Waals surface area contributed by atoms with Crippen LogP contribution in [0.4, 0.5) is 0 Å². The van der Waals surface area contributed by atoms with Gasteiger partial charge in [-0.1, -0.05) is 243 Å². The molecule has 0 saturated carbocycles. The van der Waals surface area contributed by atoms with Gasteiger partial charge in [-0.25, -0.2) is 0 Å². The Labute approximate surface area is 385 Å². The fourth-order valence-electron chi connectivity index (χ4n) is 11.0. The maximum absolute atomic E-state index is 2.44. The van der Waals surface area contributed by atoms with Crippen molar-refractivity contribution in [1.29, 1.82) is 0 Å². The third-order valence-corrected chi connectivity index (χ3v) is 14.2. The molecule has 0 aliphatic heterocycles. The van der Waals surface area contributed by atoms with Gasteiger partial charge in [0.05, 0.1) is 0 Å². The van der Waals surface area contributed by atoms with Crippen molar-refractivity contribution in [3.05, 3.63) is 260 Å². The van der Waals surface area contributed by atoms with Gasteiger partial charge in [-0.05, 0) is 133 Å². The minimum atomic E-state index is 0.400. The van der Waals surface area contributed by atoms with Crippen LogP contribution in [0, 0.1) is 11.8 Å². The highest BCUT2D eigenvalue weighted by molar-refractivity contribution is 6.23. The Morgan fingerprint density at radius 3 is 1.27 bits per heavy atom. The molecular weight excluding hydrogens is 793 g/mol. The molecule has 0 radical (unpaired) electrons. The molecular formula is C66H44. The molecule has 0 heteroatoms. The van der Waals surface area contributed by atoms with Gasteiger partial charge in [0, 0.05) is 11.8 Å². The summed E-state index contributed by atoms with van der Waals surface area (Å²) >= 11 is 0. The number of hydrogen-bond donors (Lipinski definition) is 0. The molecule has 0 nitrogen and oxygen atoms in total. The van der Waals surface area contributed by atoms with E-state index in [9.17, 15) is 0 Å². The summed E-state index contributed by atoms with van der Waals surface area (Å²) in [5.74, 6) is 0.838. The van der Waals surface area contributed by atoms with Crippen molar-refractivity contribution in [1.82, 2.24) is 0 Å². The van der Waals surface area contributed by atoms with Gasteiger partial charge in [0.25, 0.3) is 0 Å². The molecule has 0 amide bonds. The van der Waals surface area contributed by atoms with Crippen LogP contribution in [0.25, 0.3) is 115 Å². The lowest BCUT2D eigenvalue weighted by atomic mass is 9.81. The van der Waals surface area contributed by atoms with Crippen LogP contribution < -0.4 is 0 Å². The van der Waals surface area contributed by atoms with Crippen LogP contribution in [-0.4, -0.2) is 0 Å². The van der Waals surface area contributed by atoms with Gasteiger partial charge in [0.1, 0.15) is 0 Å². The second-order valence-corrected chi connectivity index (χ2v) is 17.9. The third kappa shape index (κ3) is 6.37. The van der Waals surface area contributed by atoms with Crippen molar-refractivity contribution in [3.63, 3.8) is 0 Å². The fraction of sp³-hybridized carbons (Fsp3) is 0.0303. The smallest absolute Gasteiger partial charge is 0.00567 e. The number of rotatable bonds is 6. The van der Waals surface area contributed by atoms with E-state index in [4.69, 9.17) is 0 Å². The lowest BCUT2D eigenvalue weighted by molar-refractivity contribution is 0.663. The zero-order chi connectivity index (χ0) is 43.6. The second kappa shape index (κ2) is 15.7. The molecule has 0 aromatic heterocycles. The molecule has 2 unspecified atom stereocenters. The second-order valence-electron chi connectivity index (χ2n) is 17.9. The van der Waals surface area contributed by atoms with E-state index in [0.29, 0.717) is 11.8 Å². The highest BCUT2D eigenvalue weighted by atomic mass is 14.3. The SMILES string of the molecule is C1=CC2C=CC(c3ccc(-c4c5ccccc5c(-c5ccc6ccccc6c5)c5ccc(-c6ccc(-c7c8ccccc8c(-c8ccccc8)c8ccccc78)cc6)cc45)cc3)=CC2C=C1. The van der Waals surface area contributed by atoms with Gasteiger partial charge in [-0.3, -0.25) is 0 Å². The zero-order valence-corrected chi connectivity index (χ0v) is 36.4. The van der Waals surface area contributed by atoms with E-state index in [1.807, 2.05) is 0 Å². The summed E-state index contributed by atoms with van der Waals surface area (Å²) in [6.45, 7) is 0. The predicted octanol–water partition coefficient (Wildman–Crippen LogP) is 18.1. The maximum Gasteiger partial charge on any atom is 0.00567 e. The summed E-state index contributed by atoms with van der Waals surface area (Å²) in [4.78, 5) is 0. The molecule has 66 heavy (non-hydrogen) atoms. The van der Waals surface area contributed by atoms with Crippen LogP contribution >= 0.6 is 0 Å². The van der Waals surface area contributed by atoms with Crippen molar-refractivity contribution >= 4 is 59.4 Å². The van der Waals surface area contributed by atoms with Gasteiger partial charge in [0.15, 0.2) is 0 Å². The van der Waals surface area contributed by atoms with Gasteiger partial charge in [0.2, 0.25) is 0 Å². The number of hydrogen-bond acceptors (Lipinski definition) is 0. The van der Waals surface area contributed by atoms with E-state index in [-0.39, 0.29) is 0 Å². The van der Waals surface area contributed by atoms with E-state index in [1.165, 1.54) is 121 Å². The largest absolute Gasteiger partial charge is 0.0767 e. The Kier molecular flexibility index (Phi) is 9.10. The quantitative estimate of drug-likeness (QED) is 0.146. The van der Waals surface area contributed by atoms with Gasteiger partial charge in [-0.2, -0.15) is 0 Å². The lowest BCUT2D eigenvalue weighted by Crippen LogP contribution is -2.11. The van der Waals surface area contributed by atoms with Crippen LogP contribution in [0.1, 0.15) is 5.56 Å². The first-order chi connectivity index (χ1) is 32.7. The summed E-state index contributed by atoms with van der Waals surface area (Å²) in [7, 11) is 0. The summed E-state index contributed by atoms with van der Waals surface area (Å²) in [5, 5.41) is 12.6. The standard InChI is InChI=1S/C66H44/c1-2-16-47(17-3-1)63-55-20-8-10-22-57(55)64(58-23-11-9-21-56(58)63)48-32-28-46(29-33-48)53-38-39-61-62(42-53)65(49-34-26-45(27-35-49)52-36-30-43-14-4-6-18-50(43)40-52)59-24-12-13-25-60(59)66(61)54-37-31-44-15-5-7-19-51(44)41-54/h1-43,50H. The van der Waals surface area contributed by atoms with Crippen LogP contribution in [0.15, 0.2) is 255 Å². The van der Waals surface area contributed by atoms with E-state index >= 15 is 0 Å². The Morgan fingerprint density at radius 1 is 0.242 bits per heavy atom. The molecule has 0 saturated heterocycles. The van der Waals surface area contributed by atoms with Gasteiger partial charge < -0.3 is 0 Å². The average Bonchev–Trinajstić information content (AvgIpc) is 3.39. The van der Waals surface area contributed by atoms with Crippen LogP contribution in [0.3, 0.4) is 0 Å². The molecule has 2 aliphatic carbocycles. The topological polar surface area (TPSA) is 0 Å². The number of benzene rings is 11. The molecule has 2 aliphatic rings. The molecule has 0 N–H and O–H groups in total. The molecule has 2 atom stereocenters. The lowest BCUT2D eigenvalue weighted by Gasteiger charge is -2.23. The molecule has 308 valence electrons. The van der Waals surface area contributed by atoms with Gasteiger partial charge in [-0.15, -0.1) is 0 Å². The van der Waals surface area contributed by atoms with Crippen LogP contribution in [0.5, 0.6) is 0 Å². The predicted molar refractivity (Wildman–Crippen MR) is 284 cm³/mol. The van der Waals surface area contributed by atoms with E-state index in [1.54, 1.807) is 0 Å². The minimum absolute atomic E-state index is 0.400. The summed E-state index contributed by atoms with van der Waals surface area (Å²) in [5.41, 5.74) is 14.9. The molecule has 11 aromatic carbocycles. The molecule has 13 rings (SSSR count). The molecule has 0 bridgehead atoms. The Hall–Kier alpha value is -8.32. The first-order valence-corrected chi connectivity index (χ1v) is 23.2. The van der Waals surface area contributed by atoms with Crippen molar-refractivity contribution in [3.8, 4) is 55.6 Å². The van der Waals surface area contributed by atoms with Gasteiger partial charge >= 0.3 is 0 Å². The third-order valence-electron chi connectivity index (χ3n) is 14.2. The minimum Gasteiger partial charge on any atom is -0.0767 e. The molecule has 11 aromatic rings. The number of fused-ring (bicyclic) bond motifs is 6. The monoisotopic (exact) mass is 836 g/mol.